The van der Waals surface area contributed by atoms with Crippen LogP contribution in [0.15, 0.2) is 18.2 Å². The van der Waals surface area contributed by atoms with Gasteiger partial charge in [-0.2, -0.15) is 26.3 Å². The van der Waals surface area contributed by atoms with E-state index < -0.39 is 84.6 Å². The largest absolute Gasteiger partial charge is 0.486 e. The van der Waals surface area contributed by atoms with Crippen LogP contribution in [0.3, 0.4) is 0 Å². The fourth-order valence-electron chi connectivity index (χ4n) is 3.61. The van der Waals surface area contributed by atoms with Crippen LogP contribution in [0.25, 0.3) is 0 Å². The zero-order valence-corrected chi connectivity index (χ0v) is 18.4. The lowest BCUT2D eigenvalue weighted by molar-refractivity contribution is -0.184. The zero-order chi connectivity index (χ0) is 26.9. The molecular weight excluding hydrogens is 495 g/mol. The Morgan fingerprint density at radius 3 is 2.20 bits per heavy atom. The molecule has 35 heavy (non-hydrogen) atoms. The number of hydrogen-bond acceptors (Lipinski definition) is 5. The van der Waals surface area contributed by atoms with Crippen LogP contribution in [0.1, 0.15) is 26.7 Å². The van der Waals surface area contributed by atoms with Crippen molar-refractivity contribution in [2.24, 2.45) is 5.73 Å². The first kappa shape index (κ1) is 28.1. The van der Waals surface area contributed by atoms with Gasteiger partial charge in [0, 0.05) is 6.07 Å². The van der Waals surface area contributed by atoms with E-state index in [9.17, 15) is 50.2 Å². The number of halogens is 7. The molecule has 0 aliphatic carbocycles. The van der Waals surface area contributed by atoms with Gasteiger partial charge in [-0.3, -0.25) is 19.3 Å². The highest BCUT2D eigenvalue weighted by atomic mass is 19.4. The molecule has 0 fully saturated rings. The minimum atomic E-state index is -5.22. The second-order valence-electron chi connectivity index (χ2n) is 7.79. The van der Waals surface area contributed by atoms with Gasteiger partial charge in [-0.1, -0.05) is 13.8 Å². The number of benzene rings is 1. The molecule has 1 heterocycles. The van der Waals surface area contributed by atoms with Crippen LogP contribution in [0, 0.1) is 5.82 Å². The molecule has 1 aromatic carbocycles. The highest BCUT2D eigenvalue weighted by Gasteiger charge is 2.53. The van der Waals surface area contributed by atoms with Gasteiger partial charge < -0.3 is 20.5 Å². The lowest BCUT2D eigenvalue weighted by Crippen LogP contribution is -2.65. The first-order valence-electron chi connectivity index (χ1n) is 10.2. The summed E-state index contributed by atoms with van der Waals surface area (Å²) in [4.78, 5) is 37.8. The van der Waals surface area contributed by atoms with Crippen molar-refractivity contribution >= 4 is 23.4 Å². The van der Waals surface area contributed by atoms with E-state index >= 15 is 0 Å². The molecule has 1 unspecified atom stereocenters. The van der Waals surface area contributed by atoms with Gasteiger partial charge in [-0.15, -0.1) is 0 Å². The maximum atomic E-state index is 13.9. The Morgan fingerprint density at radius 2 is 1.74 bits per heavy atom. The van der Waals surface area contributed by atoms with Crippen LogP contribution in [0.5, 0.6) is 5.75 Å². The summed E-state index contributed by atoms with van der Waals surface area (Å²) in [6.45, 7) is -1.93. The molecule has 3 amide bonds. The number of ether oxygens (including phenoxy) is 1. The molecule has 0 aromatic heterocycles. The minimum Gasteiger partial charge on any atom is -0.486 e. The molecule has 1 aromatic rings. The zero-order valence-electron chi connectivity index (χ0n) is 18.4. The van der Waals surface area contributed by atoms with Crippen molar-refractivity contribution in [1.29, 1.82) is 0 Å². The molecule has 15 heteroatoms. The third-order valence-corrected chi connectivity index (χ3v) is 5.32. The first-order chi connectivity index (χ1) is 15.9. The number of nitrogens with zero attached hydrogens (tertiary/aromatic N) is 2. The van der Waals surface area contributed by atoms with Crippen molar-refractivity contribution in [3.05, 3.63) is 24.0 Å². The summed E-state index contributed by atoms with van der Waals surface area (Å²) in [5.41, 5.74) is 1.07. The smallest absolute Gasteiger partial charge is 0.406 e. The van der Waals surface area contributed by atoms with E-state index in [4.69, 9.17) is 10.5 Å². The van der Waals surface area contributed by atoms with Gasteiger partial charge in [0.25, 0.3) is 17.7 Å². The second-order valence-corrected chi connectivity index (χ2v) is 7.79. The minimum absolute atomic E-state index is 0.0509. The van der Waals surface area contributed by atoms with Crippen molar-refractivity contribution in [1.82, 2.24) is 4.90 Å². The van der Waals surface area contributed by atoms with E-state index in [0.29, 0.717) is 6.07 Å². The van der Waals surface area contributed by atoms with Crippen LogP contribution in [0.4, 0.5) is 36.4 Å². The van der Waals surface area contributed by atoms with Crippen molar-refractivity contribution in [2.75, 3.05) is 18.0 Å². The lowest BCUT2D eigenvalue weighted by Gasteiger charge is -2.39. The molecule has 8 nitrogen and oxygen atoms in total. The third-order valence-electron chi connectivity index (χ3n) is 5.32. The van der Waals surface area contributed by atoms with E-state index in [0.717, 1.165) is 19.1 Å². The molecule has 1 aliphatic rings. The van der Waals surface area contributed by atoms with E-state index in [1.165, 1.54) is 6.92 Å². The number of hydrogen-bond donors (Lipinski definition) is 2. The van der Waals surface area contributed by atoms with Gasteiger partial charge in [0.2, 0.25) is 5.60 Å². The fourth-order valence-corrected chi connectivity index (χ4v) is 3.61. The molecule has 196 valence electrons. The van der Waals surface area contributed by atoms with Gasteiger partial charge in [-0.25, -0.2) is 4.39 Å². The molecule has 0 saturated carbocycles. The lowest BCUT2D eigenvalue weighted by atomic mass is 9.95. The average Bonchev–Trinajstić information content (AvgIpc) is 2.84. The highest BCUT2D eigenvalue weighted by molar-refractivity contribution is 6.10. The van der Waals surface area contributed by atoms with Gasteiger partial charge in [0.1, 0.15) is 36.8 Å². The number of aliphatic hydroxyl groups is 1. The van der Waals surface area contributed by atoms with E-state index in [1.54, 1.807) is 0 Å². The summed E-state index contributed by atoms with van der Waals surface area (Å²) < 4.78 is 99.8. The normalized spacial score (nSPS) is 20.4. The average molecular weight is 517 g/mol. The third kappa shape index (κ3) is 6.13. The summed E-state index contributed by atoms with van der Waals surface area (Å²) in [6, 6.07) is -0.197. The Morgan fingerprint density at radius 1 is 1.14 bits per heavy atom. The topological polar surface area (TPSA) is 113 Å². The molecule has 3 N–H and O–H groups in total. The van der Waals surface area contributed by atoms with E-state index in [1.807, 2.05) is 0 Å². The number of primary amides is 1. The summed E-state index contributed by atoms with van der Waals surface area (Å²) in [7, 11) is 0. The van der Waals surface area contributed by atoms with Gasteiger partial charge >= 0.3 is 12.4 Å². The van der Waals surface area contributed by atoms with Crippen LogP contribution in [-0.4, -0.2) is 70.9 Å². The summed E-state index contributed by atoms with van der Waals surface area (Å²) in [6.07, 6.45) is -13.1. The van der Waals surface area contributed by atoms with E-state index in [2.05, 4.69) is 0 Å². The van der Waals surface area contributed by atoms with Crippen molar-refractivity contribution in [3.63, 3.8) is 0 Å². The Bertz CT molecular complexity index is 985. The molecule has 0 radical (unpaired) electrons. The Labute approximate surface area is 194 Å². The maximum Gasteiger partial charge on any atom is 0.406 e. The highest BCUT2D eigenvalue weighted by Crippen LogP contribution is 2.38. The molecule has 0 bridgehead atoms. The number of rotatable bonds is 7. The first-order valence-corrected chi connectivity index (χ1v) is 10.2. The number of amides is 3. The summed E-state index contributed by atoms with van der Waals surface area (Å²) in [5, 5.41) is 10.4. The van der Waals surface area contributed by atoms with Crippen molar-refractivity contribution in [3.8, 4) is 5.75 Å². The van der Waals surface area contributed by atoms with Crippen LogP contribution in [0.2, 0.25) is 0 Å². The van der Waals surface area contributed by atoms with Gasteiger partial charge in [0.15, 0.2) is 0 Å². The van der Waals surface area contributed by atoms with Crippen LogP contribution >= 0.6 is 0 Å². The number of fused-ring (bicyclic) bond motifs is 1. The molecule has 3 atom stereocenters. The number of carbonyl (C=O) groups excluding carboxylic acids is 3. The number of carbonyl (C=O) groups is 3. The Kier molecular flexibility index (Phi) is 7.94. The van der Waals surface area contributed by atoms with Gasteiger partial charge in [0.05, 0.1) is 5.69 Å². The van der Waals surface area contributed by atoms with Crippen molar-refractivity contribution in [2.45, 2.75) is 56.8 Å². The fraction of sp³-hybridized carbons (Fsp3) is 0.550. The maximum absolute atomic E-state index is 13.9. The standard InChI is InChI=1S/C20H22F7N3O5/c1-3-12-14(30(9-20(25,26)27)17(33)18(34,4-2)16(28)32)15(31)29(8-19(22,23)24)11-7-10(21)5-6-13(11)35-12/h5-7,12,14,34H,3-4,8-9H2,1-2H3,(H2,28,32)/t12-,14+,18?/m1/s1. The predicted octanol–water partition coefficient (Wildman–Crippen LogP) is 2.28. The predicted molar refractivity (Wildman–Crippen MR) is 106 cm³/mol. The quantitative estimate of drug-likeness (QED) is 0.426. The molecule has 0 saturated heterocycles. The number of alkyl halides is 6. The van der Waals surface area contributed by atoms with Crippen molar-refractivity contribution < 1.29 is 55.0 Å². The van der Waals surface area contributed by atoms with E-state index in [-0.39, 0.29) is 16.2 Å². The summed E-state index contributed by atoms with van der Waals surface area (Å²) >= 11 is 0. The monoisotopic (exact) mass is 517 g/mol. The van der Waals surface area contributed by atoms with Crippen LogP contribution < -0.4 is 15.4 Å². The Hall–Kier alpha value is -3.10. The molecule has 2 rings (SSSR count). The molecule has 0 spiro atoms. The SMILES string of the molecule is CC[C@H]1Oc2ccc(F)cc2N(CC(F)(F)F)C(=O)[C@H]1N(CC(F)(F)F)C(=O)C(O)(CC)C(N)=O. The summed E-state index contributed by atoms with van der Waals surface area (Å²) in [5.74, 6) is -6.91. The Balaban J connectivity index is 2.76. The number of nitrogens with two attached hydrogens (primary N) is 1. The van der Waals surface area contributed by atoms with Crippen LogP contribution in [-0.2, 0) is 14.4 Å². The molecule has 1 aliphatic heterocycles. The van der Waals surface area contributed by atoms with Gasteiger partial charge in [-0.05, 0) is 25.0 Å². The number of anilines is 1. The molecular formula is C20H22F7N3O5. The second kappa shape index (κ2) is 9.87.